The van der Waals surface area contributed by atoms with Crippen molar-refractivity contribution in [1.29, 1.82) is 0 Å². The molecule has 0 aliphatic rings. The minimum atomic E-state index is -0.399. The number of ether oxygens (including phenoxy) is 1. The van der Waals surface area contributed by atoms with Gasteiger partial charge in [0.15, 0.2) is 0 Å². The van der Waals surface area contributed by atoms with Crippen LogP contribution in [0.3, 0.4) is 0 Å². The number of carbonyl (C=O) groups excluding carboxylic acids is 1. The van der Waals surface area contributed by atoms with Gasteiger partial charge in [0, 0.05) is 22.9 Å². The van der Waals surface area contributed by atoms with Gasteiger partial charge in [0.25, 0.3) is 0 Å². The molecule has 1 aromatic carbocycles. The molecule has 0 radical (unpaired) electrons. The fourth-order valence-electron chi connectivity index (χ4n) is 1.66. The molecular weight excluding hydrogens is 376 g/mol. The Morgan fingerprint density at radius 1 is 1.42 bits per heavy atom. The first-order valence-corrected chi connectivity index (χ1v) is 7.50. The number of rotatable bonds is 3. The van der Waals surface area contributed by atoms with Crippen LogP contribution in [0.5, 0.6) is 5.88 Å². The number of halogens is 2. The maximum absolute atomic E-state index is 12.1. The lowest BCUT2D eigenvalue weighted by molar-refractivity contribution is 0.0726. The van der Waals surface area contributed by atoms with Gasteiger partial charge in [-0.15, -0.1) is 5.10 Å². The summed E-state index contributed by atoms with van der Waals surface area (Å²) in [5.74, 6) is -0.0894. The lowest BCUT2D eigenvalue weighted by atomic mass is 10.1. The van der Waals surface area contributed by atoms with Gasteiger partial charge in [-0.3, -0.25) is 4.68 Å². The van der Waals surface area contributed by atoms with Crippen molar-refractivity contribution in [2.45, 2.75) is 12.3 Å². The van der Waals surface area contributed by atoms with E-state index in [2.05, 4.69) is 37.0 Å². The SMILES string of the molecule is Cc1cc(Br)ccc1C(=O)Oc1cc(CBr)n(C)n1. The lowest BCUT2D eigenvalue weighted by Crippen LogP contribution is -2.10. The number of nitrogens with zero attached hydrogens (tertiary/aromatic N) is 2. The second kappa shape index (κ2) is 5.88. The molecule has 100 valence electrons. The largest absolute Gasteiger partial charge is 0.402 e. The summed E-state index contributed by atoms with van der Waals surface area (Å²) >= 11 is 6.71. The number of hydrogen-bond donors (Lipinski definition) is 0. The highest BCUT2D eigenvalue weighted by atomic mass is 79.9. The second-order valence-corrected chi connectivity index (χ2v) is 5.56. The Morgan fingerprint density at radius 3 is 2.74 bits per heavy atom. The van der Waals surface area contributed by atoms with Gasteiger partial charge in [-0.05, 0) is 30.7 Å². The Hall–Kier alpha value is -1.14. The van der Waals surface area contributed by atoms with Crippen molar-refractivity contribution in [2.24, 2.45) is 7.05 Å². The molecule has 0 bridgehead atoms. The van der Waals surface area contributed by atoms with Crippen molar-refractivity contribution >= 4 is 37.8 Å². The van der Waals surface area contributed by atoms with Crippen molar-refractivity contribution in [3.8, 4) is 5.88 Å². The van der Waals surface area contributed by atoms with Crippen LogP contribution in [0.4, 0.5) is 0 Å². The highest BCUT2D eigenvalue weighted by molar-refractivity contribution is 9.10. The van der Waals surface area contributed by atoms with Crippen molar-refractivity contribution in [2.75, 3.05) is 0 Å². The third-order valence-electron chi connectivity index (χ3n) is 2.70. The summed E-state index contributed by atoms with van der Waals surface area (Å²) in [7, 11) is 1.80. The van der Waals surface area contributed by atoms with Crippen molar-refractivity contribution < 1.29 is 9.53 Å². The van der Waals surface area contributed by atoms with Gasteiger partial charge in [-0.25, -0.2) is 4.79 Å². The standard InChI is InChI=1S/C13H12Br2N2O2/c1-8-5-9(15)3-4-11(8)13(18)19-12-6-10(7-14)17(2)16-12/h3-6H,7H2,1-2H3. The molecule has 2 aromatic rings. The Bertz CT molecular complexity index is 623. The molecule has 1 aromatic heterocycles. The number of hydrogen-bond acceptors (Lipinski definition) is 3. The fourth-order valence-corrected chi connectivity index (χ4v) is 2.66. The quantitative estimate of drug-likeness (QED) is 0.596. The van der Waals surface area contributed by atoms with Crippen LogP contribution in [0.15, 0.2) is 28.7 Å². The average molecular weight is 388 g/mol. The van der Waals surface area contributed by atoms with Gasteiger partial charge in [0.1, 0.15) is 0 Å². The Morgan fingerprint density at radius 2 is 2.16 bits per heavy atom. The number of aromatic nitrogens is 2. The summed E-state index contributed by atoms with van der Waals surface area (Å²) in [5.41, 5.74) is 2.33. The molecule has 0 saturated carbocycles. The van der Waals surface area contributed by atoms with Gasteiger partial charge in [-0.2, -0.15) is 0 Å². The lowest BCUT2D eigenvalue weighted by Gasteiger charge is -2.04. The molecule has 0 N–H and O–H groups in total. The molecule has 0 atom stereocenters. The first-order chi connectivity index (χ1) is 9.01. The number of aryl methyl sites for hydroxylation is 2. The summed E-state index contributed by atoms with van der Waals surface area (Å²) in [4.78, 5) is 12.1. The zero-order valence-electron chi connectivity index (χ0n) is 10.5. The molecule has 0 unspecified atom stereocenters. The minimum absolute atomic E-state index is 0.310. The topological polar surface area (TPSA) is 44.1 Å². The number of benzene rings is 1. The predicted octanol–water partition coefficient (Wildman–Crippen LogP) is 3.61. The molecule has 0 spiro atoms. The summed E-state index contributed by atoms with van der Waals surface area (Å²) < 4.78 is 7.88. The van der Waals surface area contributed by atoms with E-state index in [-0.39, 0.29) is 0 Å². The highest BCUT2D eigenvalue weighted by Crippen LogP contribution is 2.19. The summed E-state index contributed by atoms with van der Waals surface area (Å²) in [5, 5.41) is 4.79. The minimum Gasteiger partial charge on any atom is -0.402 e. The van der Waals surface area contributed by atoms with Gasteiger partial charge in [0.2, 0.25) is 5.88 Å². The first kappa shape index (κ1) is 14.3. The molecule has 0 amide bonds. The van der Waals surface area contributed by atoms with Gasteiger partial charge < -0.3 is 4.74 Å². The highest BCUT2D eigenvalue weighted by Gasteiger charge is 2.14. The summed E-state index contributed by atoms with van der Waals surface area (Å²) in [6.45, 7) is 1.86. The first-order valence-electron chi connectivity index (χ1n) is 5.58. The van der Waals surface area contributed by atoms with Crippen LogP contribution >= 0.6 is 31.9 Å². The molecule has 0 aliphatic carbocycles. The molecule has 0 saturated heterocycles. The predicted molar refractivity (Wildman–Crippen MR) is 79.7 cm³/mol. The molecule has 0 aliphatic heterocycles. The third kappa shape index (κ3) is 3.25. The normalized spacial score (nSPS) is 10.5. The maximum Gasteiger partial charge on any atom is 0.345 e. The number of alkyl halides is 1. The zero-order chi connectivity index (χ0) is 14.0. The Balaban J connectivity index is 2.20. The van der Waals surface area contributed by atoms with E-state index in [0.29, 0.717) is 16.8 Å². The van der Waals surface area contributed by atoms with E-state index in [4.69, 9.17) is 4.74 Å². The van der Waals surface area contributed by atoms with Crippen molar-refractivity contribution in [3.63, 3.8) is 0 Å². The molecule has 19 heavy (non-hydrogen) atoms. The summed E-state index contributed by atoms with van der Waals surface area (Å²) in [6, 6.07) is 7.15. The molecule has 2 rings (SSSR count). The molecule has 0 fully saturated rings. The molecule has 6 heteroatoms. The third-order valence-corrected chi connectivity index (χ3v) is 3.76. The maximum atomic E-state index is 12.1. The van der Waals surface area contributed by atoms with E-state index >= 15 is 0 Å². The van der Waals surface area contributed by atoms with E-state index in [0.717, 1.165) is 15.7 Å². The van der Waals surface area contributed by atoms with Crippen LogP contribution in [-0.4, -0.2) is 15.7 Å². The van der Waals surface area contributed by atoms with E-state index in [1.165, 1.54) is 0 Å². The second-order valence-electron chi connectivity index (χ2n) is 4.08. The van der Waals surface area contributed by atoms with E-state index in [1.807, 2.05) is 19.1 Å². The zero-order valence-corrected chi connectivity index (χ0v) is 13.7. The van der Waals surface area contributed by atoms with E-state index in [9.17, 15) is 4.79 Å². The number of esters is 1. The van der Waals surface area contributed by atoms with E-state index in [1.54, 1.807) is 23.9 Å². The monoisotopic (exact) mass is 386 g/mol. The van der Waals surface area contributed by atoms with Crippen LogP contribution in [0.2, 0.25) is 0 Å². The average Bonchev–Trinajstić information content (AvgIpc) is 2.69. The van der Waals surface area contributed by atoms with Crippen LogP contribution in [0.1, 0.15) is 21.6 Å². The Labute approximate surface area is 128 Å². The van der Waals surface area contributed by atoms with Crippen LogP contribution < -0.4 is 4.74 Å². The molecule has 4 nitrogen and oxygen atoms in total. The van der Waals surface area contributed by atoms with Crippen molar-refractivity contribution in [3.05, 3.63) is 45.6 Å². The molecular formula is C13H12Br2N2O2. The van der Waals surface area contributed by atoms with Gasteiger partial charge >= 0.3 is 5.97 Å². The van der Waals surface area contributed by atoms with Gasteiger partial charge in [-0.1, -0.05) is 31.9 Å². The van der Waals surface area contributed by atoms with Crippen LogP contribution in [0, 0.1) is 6.92 Å². The van der Waals surface area contributed by atoms with Gasteiger partial charge in [0.05, 0.1) is 11.3 Å². The molecule has 1 heterocycles. The summed E-state index contributed by atoms with van der Waals surface area (Å²) in [6.07, 6.45) is 0. The Kier molecular flexibility index (Phi) is 4.42. The fraction of sp³-hybridized carbons (Fsp3) is 0.231. The van der Waals surface area contributed by atoms with Crippen molar-refractivity contribution in [1.82, 2.24) is 9.78 Å². The van der Waals surface area contributed by atoms with Crippen LogP contribution in [0.25, 0.3) is 0 Å². The smallest absolute Gasteiger partial charge is 0.345 e. The van der Waals surface area contributed by atoms with E-state index < -0.39 is 5.97 Å². The van der Waals surface area contributed by atoms with Crippen LogP contribution in [-0.2, 0) is 12.4 Å². The number of carbonyl (C=O) groups is 1.